The van der Waals surface area contributed by atoms with E-state index < -0.39 is 18.6 Å². The van der Waals surface area contributed by atoms with E-state index in [1.807, 2.05) is 0 Å². The minimum absolute atomic E-state index is 0.493. The fourth-order valence-electron chi connectivity index (χ4n) is 1.62. The number of hydrogen-bond donors (Lipinski definition) is 1. The molecule has 0 aliphatic heterocycles. The minimum Gasteiger partial charge on any atom is -0.497 e. The number of halogens is 3. The van der Waals surface area contributed by atoms with Gasteiger partial charge >= 0.3 is 6.18 Å². The van der Waals surface area contributed by atoms with Crippen molar-refractivity contribution in [3.05, 3.63) is 29.8 Å². The Balaban J connectivity index is 2.81. The Labute approximate surface area is 98.8 Å². The van der Waals surface area contributed by atoms with Crippen LogP contribution in [0, 0.1) is 0 Å². The van der Waals surface area contributed by atoms with E-state index in [1.54, 1.807) is 31.2 Å². The molecule has 0 saturated heterocycles. The van der Waals surface area contributed by atoms with E-state index in [9.17, 15) is 13.2 Å². The second-order valence-electron chi connectivity index (χ2n) is 3.70. The summed E-state index contributed by atoms with van der Waals surface area (Å²) in [5.74, 6) is 0.635. The molecule has 0 heterocycles. The van der Waals surface area contributed by atoms with Crippen LogP contribution in [-0.2, 0) is 0 Å². The van der Waals surface area contributed by atoms with Crippen molar-refractivity contribution < 1.29 is 17.9 Å². The first kappa shape index (κ1) is 13.8. The van der Waals surface area contributed by atoms with Crippen LogP contribution in [0.5, 0.6) is 5.75 Å². The second-order valence-corrected chi connectivity index (χ2v) is 3.70. The molecule has 0 aromatic heterocycles. The Morgan fingerprint density at radius 1 is 1.24 bits per heavy atom. The van der Waals surface area contributed by atoms with Gasteiger partial charge in [-0.2, -0.15) is 13.2 Å². The van der Waals surface area contributed by atoms with Gasteiger partial charge in [-0.15, -0.1) is 0 Å². The van der Waals surface area contributed by atoms with Crippen LogP contribution in [0.3, 0.4) is 0 Å². The molecule has 0 fully saturated rings. The number of alkyl halides is 3. The van der Waals surface area contributed by atoms with Crippen LogP contribution in [0.25, 0.3) is 0 Å². The van der Waals surface area contributed by atoms with Crippen LogP contribution in [0.2, 0.25) is 0 Å². The van der Waals surface area contributed by atoms with Gasteiger partial charge in [0.2, 0.25) is 0 Å². The molecule has 1 atom stereocenters. The van der Waals surface area contributed by atoms with Gasteiger partial charge in [0.1, 0.15) is 5.75 Å². The van der Waals surface area contributed by atoms with Gasteiger partial charge in [-0.05, 0) is 24.2 Å². The summed E-state index contributed by atoms with van der Waals surface area (Å²) >= 11 is 0. The molecule has 0 bridgehead atoms. The molecule has 17 heavy (non-hydrogen) atoms. The van der Waals surface area contributed by atoms with Crippen molar-refractivity contribution in [2.75, 3.05) is 13.7 Å². The molecule has 0 amide bonds. The second kappa shape index (κ2) is 5.91. The lowest BCUT2D eigenvalue weighted by molar-refractivity contribution is -0.140. The SMILES string of the molecule is CCNC(CC(F)(F)F)c1ccc(OC)cc1. The predicted octanol–water partition coefficient (Wildman–Crippen LogP) is 3.30. The van der Waals surface area contributed by atoms with E-state index in [-0.39, 0.29) is 0 Å². The summed E-state index contributed by atoms with van der Waals surface area (Å²) in [6, 6.07) is 5.92. The molecule has 5 heteroatoms. The van der Waals surface area contributed by atoms with Crippen LogP contribution in [-0.4, -0.2) is 19.8 Å². The summed E-state index contributed by atoms with van der Waals surface area (Å²) in [5, 5.41) is 2.83. The van der Waals surface area contributed by atoms with Crippen LogP contribution in [0.1, 0.15) is 24.9 Å². The zero-order valence-electron chi connectivity index (χ0n) is 9.84. The van der Waals surface area contributed by atoms with Gasteiger partial charge in [-0.25, -0.2) is 0 Å². The maximum absolute atomic E-state index is 12.4. The van der Waals surface area contributed by atoms with Gasteiger partial charge in [0.25, 0.3) is 0 Å². The minimum atomic E-state index is -4.17. The lowest BCUT2D eigenvalue weighted by Gasteiger charge is -2.20. The van der Waals surface area contributed by atoms with Gasteiger partial charge in [0.05, 0.1) is 13.5 Å². The highest BCUT2D eigenvalue weighted by molar-refractivity contribution is 5.29. The third-order valence-electron chi connectivity index (χ3n) is 2.40. The highest BCUT2D eigenvalue weighted by Crippen LogP contribution is 2.30. The number of rotatable bonds is 5. The fourth-order valence-corrected chi connectivity index (χ4v) is 1.62. The summed E-state index contributed by atoms with van der Waals surface area (Å²) in [5.41, 5.74) is 0.616. The molecule has 96 valence electrons. The van der Waals surface area contributed by atoms with E-state index in [0.717, 1.165) is 0 Å². The van der Waals surface area contributed by atoms with Crippen LogP contribution < -0.4 is 10.1 Å². The fraction of sp³-hybridized carbons (Fsp3) is 0.500. The summed E-state index contributed by atoms with van der Waals surface area (Å²) in [6.45, 7) is 2.28. The third kappa shape index (κ3) is 4.65. The third-order valence-corrected chi connectivity index (χ3v) is 2.40. The molecule has 0 spiro atoms. The Morgan fingerprint density at radius 2 is 1.82 bits per heavy atom. The van der Waals surface area contributed by atoms with Gasteiger partial charge in [0.15, 0.2) is 0 Å². The van der Waals surface area contributed by atoms with Crippen molar-refractivity contribution in [1.82, 2.24) is 5.32 Å². The lowest BCUT2D eigenvalue weighted by Crippen LogP contribution is -2.26. The molecule has 1 aromatic carbocycles. The van der Waals surface area contributed by atoms with Crippen LogP contribution in [0.4, 0.5) is 13.2 Å². The predicted molar refractivity (Wildman–Crippen MR) is 60.1 cm³/mol. The van der Waals surface area contributed by atoms with Crippen molar-refractivity contribution in [2.24, 2.45) is 0 Å². The van der Waals surface area contributed by atoms with E-state index >= 15 is 0 Å². The average molecular weight is 247 g/mol. The molecular formula is C12H16F3NO. The highest BCUT2D eigenvalue weighted by atomic mass is 19.4. The lowest BCUT2D eigenvalue weighted by atomic mass is 10.0. The number of ether oxygens (including phenoxy) is 1. The van der Waals surface area contributed by atoms with E-state index in [1.165, 1.54) is 7.11 Å². The number of nitrogens with one attached hydrogen (secondary N) is 1. The molecule has 1 unspecified atom stereocenters. The number of methoxy groups -OCH3 is 1. The summed E-state index contributed by atoms with van der Waals surface area (Å²) in [6.07, 6.45) is -5.04. The quantitative estimate of drug-likeness (QED) is 0.862. The molecule has 1 rings (SSSR count). The highest BCUT2D eigenvalue weighted by Gasteiger charge is 2.32. The van der Waals surface area contributed by atoms with Crippen molar-refractivity contribution >= 4 is 0 Å². The van der Waals surface area contributed by atoms with E-state index in [0.29, 0.717) is 17.9 Å². The molecular weight excluding hydrogens is 231 g/mol. The van der Waals surface area contributed by atoms with Crippen LogP contribution >= 0.6 is 0 Å². The van der Waals surface area contributed by atoms with Gasteiger partial charge in [0, 0.05) is 6.04 Å². The average Bonchev–Trinajstić information content (AvgIpc) is 2.27. The standard InChI is InChI=1S/C12H16F3NO/c1-3-16-11(8-12(13,14)15)9-4-6-10(17-2)7-5-9/h4-7,11,16H,3,8H2,1-2H3. The summed E-state index contributed by atoms with van der Waals surface area (Å²) < 4.78 is 42.2. The van der Waals surface area contributed by atoms with Gasteiger partial charge in [-0.3, -0.25) is 0 Å². The number of benzene rings is 1. The van der Waals surface area contributed by atoms with E-state index in [4.69, 9.17) is 4.74 Å². The monoisotopic (exact) mass is 247 g/mol. The normalized spacial score (nSPS) is 13.5. The topological polar surface area (TPSA) is 21.3 Å². The first-order valence-electron chi connectivity index (χ1n) is 5.40. The zero-order valence-corrected chi connectivity index (χ0v) is 9.84. The Bertz CT molecular complexity index is 335. The molecule has 0 radical (unpaired) electrons. The Hall–Kier alpha value is -1.23. The molecule has 0 saturated carbocycles. The number of hydrogen-bond acceptors (Lipinski definition) is 2. The largest absolute Gasteiger partial charge is 0.497 e. The van der Waals surface area contributed by atoms with Crippen LogP contribution in [0.15, 0.2) is 24.3 Å². The van der Waals surface area contributed by atoms with Crippen molar-refractivity contribution in [2.45, 2.75) is 25.6 Å². The first-order valence-corrected chi connectivity index (χ1v) is 5.40. The molecule has 1 N–H and O–H groups in total. The van der Waals surface area contributed by atoms with Gasteiger partial charge in [-0.1, -0.05) is 19.1 Å². The summed E-state index contributed by atoms with van der Waals surface area (Å²) in [7, 11) is 1.52. The zero-order chi connectivity index (χ0) is 12.9. The maximum atomic E-state index is 12.4. The van der Waals surface area contributed by atoms with Crippen molar-refractivity contribution in [3.63, 3.8) is 0 Å². The summed E-state index contributed by atoms with van der Waals surface area (Å²) in [4.78, 5) is 0. The van der Waals surface area contributed by atoms with Crippen molar-refractivity contribution in [3.8, 4) is 5.75 Å². The van der Waals surface area contributed by atoms with Gasteiger partial charge < -0.3 is 10.1 Å². The Morgan fingerprint density at radius 3 is 2.24 bits per heavy atom. The maximum Gasteiger partial charge on any atom is 0.390 e. The molecule has 0 aliphatic rings. The Kier molecular flexibility index (Phi) is 4.81. The van der Waals surface area contributed by atoms with E-state index in [2.05, 4.69) is 5.32 Å². The smallest absolute Gasteiger partial charge is 0.390 e. The van der Waals surface area contributed by atoms with Crippen molar-refractivity contribution in [1.29, 1.82) is 0 Å². The molecule has 2 nitrogen and oxygen atoms in total. The molecule has 1 aromatic rings. The molecule has 0 aliphatic carbocycles. The first-order chi connectivity index (χ1) is 7.96.